The van der Waals surface area contributed by atoms with Gasteiger partial charge in [0.1, 0.15) is 0 Å². The molecule has 0 unspecified atom stereocenters. The van der Waals surface area contributed by atoms with Crippen molar-refractivity contribution in [2.75, 3.05) is 0 Å². The van der Waals surface area contributed by atoms with E-state index < -0.39 is 0 Å². The maximum absolute atomic E-state index is 6.07. The molecular formula is C17H15ClN2. The molecule has 0 saturated carbocycles. The van der Waals surface area contributed by atoms with Gasteiger partial charge in [-0.3, -0.25) is 4.90 Å². The van der Waals surface area contributed by atoms with E-state index in [0.29, 0.717) is 0 Å². The summed E-state index contributed by atoms with van der Waals surface area (Å²) in [6.07, 6.45) is 2.13. The van der Waals surface area contributed by atoms with Gasteiger partial charge >= 0.3 is 0 Å². The van der Waals surface area contributed by atoms with Crippen molar-refractivity contribution in [3.05, 3.63) is 70.4 Å². The number of benzene rings is 2. The number of H-pyrrole nitrogens is 1. The number of nitrogens with zero attached hydrogens (tertiary/aromatic N) is 1. The summed E-state index contributed by atoms with van der Waals surface area (Å²) in [7, 11) is 0. The Balaban J connectivity index is 1.59. The fourth-order valence-corrected chi connectivity index (χ4v) is 3.24. The zero-order valence-electron chi connectivity index (χ0n) is 11.1. The summed E-state index contributed by atoms with van der Waals surface area (Å²) in [6, 6.07) is 14.7. The van der Waals surface area contributed by atoms with Gasteiger partial charge in [0.2, 0.25) is 0 Å². The second kappa shape index (κ2) is 4.65. The van der Waals surface area contributed by atoms with Crippen molar-refractivity contribution in [1.82, 2.24) is 9.88 Å². The van der Waals surface area contributed by atoms with Crippen LogP contribution in [0.3, 0.4) is 0 Å². The summed E-state index contributed by atoms with van der Waals surface area (Å²) < 4.78 is 0. The van der Waals surface area contributed by atoms with Crippen molar-refractivity contribution in [3.8, 4) is 0 Å². The molecule has 3 aromatic rings. The van der Waals surface area contributed by atoms with Crippen molar-refractivity contribution < 1.29 is 0 Å². The average Bonchev–Trinajstić information content (AvgIpc) is 3.03. The van der Waals surface area contributed by atoms with Gasteiger partial charge in [-0.05, 0) is 34.9 Å². The third-order valence-electron chi connectivity index (χ3n) is 4.03. The third-order valence-corrected chi connectivity index (χ3v) is 4.26. The highest BCUT2D eigenvalue weighted by Gasteiger charge is 2.19. The van der Waals surface area contributed by atoms with Crippen LogP contribution in [0, 0.1) is 0 Å². The smallest absolute Gasteiger partial charge is 0.0457 e. The van der Waals surface area contributed by atoms with Gasteiger partial charge in [0.15, 0.2) is 0 Å². The lowest BCUT2D eigenvalue weighted by Gasteiger charge is -2.13. The van der Waals surface area contributed by atoms with Crippen LogP contribution in [0.1, 0.15) is 16.7 Å². The van der Waals surface area contributed by atoms with E-state index in [9.17, 15) is 0 Å². The van der Waals surface area contributed by atoms with Crippen LogP contribution in [0.25, 0.3) is 10.9 Å². The Morgan fingerprint density at radius 3 is 2.85 bits per heavy atom. The van der Waals surface area contributed by atoms with Crippen molar-refractivity contribution in [1.29, 1.82) is 0 Å². The maximum Gasteiger partial charge on any atom is 0.0457 e. The van der Waals surface area contributed by atoms with Crippen LogP contribution in [0.15, 0.2) is 48.7 Å². The normalized spacial score (nSPS) is 14.8. The molecule has 3 heteroatoms. The first kappa shape index (κ1) is 12.0. The first-order valence-corrected chi connectivity index (χ1v) is 7.22. The summed E-state index contributed by atoms with van der Waals surface area (Å²) in [6.45, 7) is 2.96. The molecule has 100 valence electrons. The van der Waals surface area contributed by atoms with E-state index in [4.69, 9.17) is 11.6 Å². The van der Waals surface area contributed by atoms with Gasteiger partial charge in [-0.25, -0.2) is 0 Å². The van der Waals surface area contributed by atoms with Crippen LogP contribution < -0.4 is 0 Å². The van der Waals surface area contributed by atoms with Gasteiger partial charge < -0.3 is 4.98 Å². The first-order valence-electron chi connectivity index (χ1n) is 6.84. The Morgan fingerprint density at radius 1 is 1.05 bits per heavy atom. The van der Waals surface area contributed by atoms with Crippen LogP contribution >= 0.6 is 11.6 Å². The number of aromatic nitrogens is 1. The van der Waals surface area contributed by atoms with Crippen LogP contribution in [0.5, 0.6) is 0 Å². The largest absolute Gasteiger partial charge is 0.361 e. The lowest BCUT2D eigenvalue weighted by atomic mass is 10.1. The fourth-order valence-electron chi connectivity index (χ4n) is 3.05. The number of para-hydroxylation sites is 1. The highest BCUT2D eigenvalue weighted by molar-refractivity contribution is 6.30. The molecule has 1 aliphatic rings. The second-order valence-corrected chi connectivity index (χ2v) is 5.85. The van der Waals surface area contributed by atoms with E-state index in [1.807, 2.05) is 6.07 Å². The predicted octanol–water partition coefficient (Wildman–Crippen LogP) is 4.34. The second-order valence-electron chi connectivity index (χ2n) is 5.42. The van der Waals surface area contributed by atoms with Crippen molar-refractivity contribution in [2.24, 2.45) is 0 Å². The lowest BCUT2D eigenvalue weighted by Crippen LogP contribution is -2.15. The molecule has 4 rings (SSSR count). The quantitative estimate of drug-likeness (QED) is 0.741. The predicted molar refractivity (Wildman–Crippen MR) is 82.7 cm³/mol. The monoisotopic (exact) mass is 282 g/mol. The Morgan fingerprint density at radius 2 is 1.90 bits per heavy atom. The summed E-state index contributed by atoms with van der Waals surface area (Å²) in [5.41, 5.74) is 5.33. The molecule has 0 saturated heterocycles. The molecule has 1 N–H and O–H groups in total. The van der Waals surface area contributed by atoms with Gasteiger partial charge in [0, 0.05) is 41.8 Å². The standard InChI is InChI=1S/C17H15ClN2/c18-15-6-5-12-9-20(10-13(12)7-15)11-14-8-19-17-4-2-1-3-16(14)17/h1-8,19H,9-11H2. The van der Waals surface area contributed by atoms with E-state index in [1.165, 1.54) is 27.6 Å². The number of nitrogens with one attached hydrogen (secondary N) is 1. The average molecular weight is 283 g/mol. The number of rotatable bonds is 2. The van der Waals surface area contributed by atoms with Gasteiger partial charge in [-0.2, -0.15) is 0 Å². The molecule has 0 radical (unpaired) electrons. The molecule has 0 spiro atoms. The van der Waals surface area contributed by atoms with Gasteiger partial charge in [-0.15, -0.1) is 0 Å². The number of hydrogen-bond donors (Lipinski definition) is 1. The molecule has 0 atom stereocenters. The van der Waals surface area contributed by atoms with Crippen LogP contribution in [-0.2, 0) is 19.6 Å². The molecule has 0 bridgehead atoms. The van der Waals surface area contributed by atoms with Crippen LogP contribution in [0.4, 0.5) is 0 Å². The number of fused-ring (bicyclic) bond motifs is 2. The molecule has 2 aromatic carbocycles. The molecule has 2 nitrogen and oxygen atoms in total. The van der Waals surface area contributed by atoms with Crippen molar-refractivity contribution in [3.63, 3.8) is 0 Å². The van der Waals surface area contributed by atoms with Crippen LogP contribution in [0.2, 0.25) is 5.02 Å². The summed E-state index contributed by atoms with van der Waals surface area (Å²) in [4.78, 5) is 5.80. The van der Waals surface area contributed by atoms with E-state index in [2.05, 4.69) is 52.5 Å². The molecule has 2 heterocycles. The van der Waals surface area contributed by atoms with E-state index in [0.717, 1.165) is 24.7 Å². The van der Waals surface area contributed by atoms with Gasteiger partial charge in [-0.1, -0.05) is 35.9 Å². The lowest BCUT2D eigenvalue weighted by molar-refractivity contribution is 0.276. The SMILES string of the molecule is Clc1ccc2c(c1)CN(Cc1c[nH]c3ccccc13)C2. The summed E-state index contributed by atoms with van der Waals surface area (Å²) in [5.74, 6) is 0. The Labute approximate surface area is 123 Å². The summed E-state index contributed by atoms with van der Waals surface area (Å²) in [5, 5.41) is 2.15. The first-order chi connectivity index (χ1) is 9.79. The minimum atomic E-state index is 0.831. The molecule has 20 heavy (non-hydrogen) atoms. The maximum atomic E-state index is 6.07. The molecule has 1 aromatic heterocycles. The molecule has 0 fully saturated rings. The zero-order valence-corrected chi connectivity index (χ0v) is 11.8. The van der Waals surface area contributed by atoms with E-state index in [1.54, 1.807) is 0 Å². The highest BCUT2D eigenvalue weighted by Crippen LogP contribution is 2.28. The highest BCUT2D eigenvalue weighted by atomic mass is 35.5. The minimum absolute atomic E-state index is 0.831. The van der Waals surface area contributed by atoms with Crippen molar-refractivity contribution >= 4 is 22.5 Å². The topological polar surface area (TPSA) is 19.0 Å². The van der Waals surface area contributed by atoms with Crippen LogP contribution in [-0.4, -0.2) is 9.88 Å². The number of aromatic amines is 1. The Hall–Kier alpha value is -1.77. The number of hydrogen-bond acceptors (Lipinski definition) is 1. The van der Waals surface area contributed by atoms with E-state index >= 15 is 0 Å². The Kier molecular flexibility index (Phi) is 2.79. The summed E-state index contributed by atoms with van der Waals surface area (Å²) >= 11 is 6.07. The van der Waals surface area contributed by atoms with Gasteiger partial charge in [0.25, 0.3) is 0 Å². The van der Waals surface area contributed by atoms with E-state index in [-0.39, 0.29) is 0 Å². The zero-order chi connectivity index (χ0) is 13.5. The molecule has 1 aliphatic heterocycles. The fraction of sp³-hybridized carbons (Fsp3) is 0.176. The minimum Gasteiger partial charge on any atom is -0.361 e. The number of halogens is 1. The Bertz CT molecular complexity index is 776. The molecular weight excluding hydrogens is 268 g/mol. The van der Waals surface area contributed by atoms with Crippen molar-refractivity contribution in [2.45, 2.75) is 19.6 Å². The third kappa shape index (κ3) is 2.01. The molecule has 0 aliphatic carbocycles. The van der Waals surface area contributed by atoms with Gasteiger partial charge in [0.05, 0.1) is 0 Å². The molecule has 0 amide bonds.